The summed E-state index contributed by atoms with van der Waals surface area (Å²) in [6, 6.07) is 0.472. The highest BCUT2D eigenvalue weighted by Gasteiger charge is 2.92. The van der Waals surface area contributed by atoms with Crippen LogP contribution in [-0.2, 0) is 9.47 Å². The summed E-state index contributed by atoms with van der Waals surface area (Å²) in [6.07, 6.45) is 12.9. The minimum atomic E-state index is -0.551. The number of rotatable bonds is 8. The number of aliphatic hydroxyl groups excluding tert-OH is 1. The van der Waals surface area contributed by atoms with Gasteiger partial charge in [0.25, 0.3) is 0 Å². The van der Waals surface area contributed by atoms with Crippen LogP contribution in [0.3, 0.4) is 0 Å². The predicted octanol–water partition coefficient (Wildman–Crippen LogP) is 4.73. The Labute approximate surface area is 241 Å². The van der Waals surface area contributed by atoms with Gasteiger partial charge in [-0.15, -0.1) is 11.6 Å². The molecule has 3 heterocycles. The number of aliphatic hydroxyl groups is 2. The zero-order chi connectivity index (χ0) is 27.6. The van der Waals surface area contributed by atoms with E-state index < -0.39 is 11.2 Å². The molecule has 3 saturated heterocycles. The number of hydrogen-bond donors (Lipinski definition) is 3. The molecule has 0 aromatic rings. The van der Waals surface area contributed by atoms with Gasteiger partial charge in [-0.25, -0.2) is 0 Å². The van der Waals surface area contributed by atoms with Crippen LogP contribution in [-0.4, -0.2) is 88.3 Å². The second-order valence-corrected chi connectivity index (χ2v) is 15.9. The molecule has 39 heavy (non-hydrogen) atoms. The molecule has 224 valence electrons. The van der Waals surface area contributed by atoms with Crippen molar-refractivity contribution in [2.45, 2.75) is 139 Å². The molecule has 6 rings (SSSR count). The Kier molecular flexibility index (Phi) is 7.95. The fourth-order valence-electron chi connectivity index (χ4n) is 10.3. The Morgan fingerprint density at radius 3 is 2.59 bits per heavy atom. The number of fused-ring (bicyclic) bond motifs is 2. The van der Waals surface area contributed by atoms with Crippen molar-refractivity contribution in [1.29, 1.82) is 0 Å². The SMILES string of the molecule is CC(C)(CO)O[C@H]1CCC2OC[C@H]3NCCCC3C(CCCN3CC34C(C)(C)C4(O)C3CCC(Cl)CC3)C2C1. The van der Waals surface area contributed by atoms with Crippen molar-refractivity contribution in [3.05, 3.63) is 0 Å². The fourth-order valence-corrected chi connectivity index (χ4v) is 10.5. The summed E-state index contributed by atoms with van der Waals surface area (Å²) in [4.78, 5) is 2.62. The van der Waals surface area contributed by atoms with Crippen LogP contribution in [0.4, 0.5) is 0 Å². The molecule has 3 aliphatic heterocycles. The summed E-state index contributed by atoms with van der Waals surface area (Å²) in [5, 5.41) is 25.9. The number of piperidine rings is 1. The molecule has 0 bridgehead atoms. The Morgan fingerprint density at radius 1 is 1.08 bits per heavy atom. The van der Waals surface area contributed by atoms with E-state index in [1.165, 1.54) is 25.7 Å². The molecule has 3 saturated carbocycles. The highest BCUT2D eigenvalue weighted by atomic mass is 35.5. The van der Waals surface area contributed by atoms with Crippen molar-refractivity contribution in [3.63, 3.8) is 0 Å². The minimum Gasteiger partial charge on any atom is -0.393 e. The summed E-state index contributed by atoms with van der Waals surface area (Å²) >= 11 is 6.41. The Morgan fingerprint density at radius 2 is 1.85 bits per heavy atom. The minimum absolute atomic E-state index is 0.00645. The Balaban J connectivity index is 1.11. The third-order valence-electron chi connectivity index (χ3n) is 12.5. The van der Waals surface area contributed by atoms with Gasteiger partial charge in [-0.1, -0.05) is 13.8 Å². The highest BCUT2D eigenvalue weighted by Crippen LogP contribution is 2.78. The summed E-state index contributed by atoms with van der Waals surface area (Å²) in [5.41, 5.74) is -1.08. The van der Waals surface area contributed by atoms with Crippen molar-refractivity contribution in [2.75, 3.05) is 32.8 Å². The van der Waals surface area contributed by atoms with E-state index in [9.17, 15) is 10.2 Å². The van der Waals surface area contributed by atoms with Crippen molar-refractivity contribution >= 4 is 11.6 Å². The van der Waals surface area contributed by atoms with Crippen LogP contribution in [0, 0.1) is 29.1 Å². The molecule has 9 atom stereocenters. The van der Waals surface area contributed by atoms with Gasteiger partial charge in [-0.05, 0) is 121 Å². The van der Waals surface area contributed by atoms with Crippen LogP contribution in [0.25, 0.3) is 0 Å². The third kappa shape index (κ3) is 4.84. The van der Waals surface area contributed by atoms with Crippen molar-refractivity contribution in [2.24, 2.45) is 29.1 Å². The molecule has 0 aromatic heterocycles. The maximum absolute atomic E-state index is 12.0. The van der Waals surface area contributed by atoms with Crippen molar-refractivity contribution < 1.29 is 19.7 Å². The van der Waals surface area contributed by atoms with E-state index in [0.29, 0.717) is 41.2 Å². The van der Waals surface area contributed by atoms with E-state index in [-0.39, 0.29) is 23.7 Å². The van der Waals surface area contributed by atoms with Gasteiger partial charge in [-0.3, -0.25) is 4.90 Å². The molecule has 6 nitrogen and oxygen atoms in total. The number of ether oxygens (including phenoxy) is 2. The monoisotopic (exact) mass is 566 g/mol. The van der Waals surface area contributed by atoms with E-state index >= 15 is 0 Å². The average Bonchev–Trinajstić information content (AvgIpc) is 3.76. The quantitative estimate of drug-likeness (QED) is 0.291. The lowest BCUT2D eigenvalue weighted by atomic mass is 9.67. The van der Waals surface area contributed by atoms with Gasteiger partial charge in [0.15, 0.2) is 0 Å². The van der Waals surface area contributed by atoms with Gasteiger partial charge in [-0.2, -0.15) is 0 Å². The first-order valence-corrected chi connectivity index (χ1v) is 16.7. The van der Waals surface area contributed by atoms with Crippen LogP contribution in [0.15, 0.2) is 0 Å². The average molecular weight is 567 g/mol. The maximum atomic E-state index is 12.0. The molecule has 3 N–H and O–H groups in total. The van der Waals surface area contributed by atoms with Crippen LogP contribution in [0.5, 0.6) is 0 Å². The van der Waals surface area contributed by atoms with Gasteiger partial charge in [0.05, 0.1) is 42.2 Å². The van der Waals surface area contributed by atoms with Gasteiger partial charge in [0.1, 0.15) is 0 Å². The largest absolute Gasteiger partial charge is 0.393 e. The van der Waals surface area contributed by atoms with Gasteiger partial charge >= 0.3 is 0 Å². The van der Waals surface area contributed by atoms with E-state index in [2.05, 4.69) is 24.1 Å². The highest BCUT2D eigenvalue weighted by molar-refractivity contribution is 6.20. The third-order valence-corrected chi connectivity index (χ3v) is 12.9. The predicted molar refractivity (Wildman–Crippen MR) is 155 cm³/mol. The van der Waals surface area contributed by atoms with E-state index in [1.807, 2.05) is 13.8 Å². The molecule has 0 aromatic carbocycles. The van der Waals surface area contributed by atoms with Crippen molar-refractivity contribution in [1.82, 2.24) is 10.2 Å². The summed E-state index contributed by atoms with van der Waals surface area (Å²) in [6.45, 7) is 12.8. The number of nitrogens with one attached hydrogen (secondary N) is 1. The van der Waals surface area contributed by atoms with Gasteiger partial charge in [0, 0.05) is 23.4 Å². The lowest BCUT2D eigenvalue weighted by Crippen LogP contribution is -2.47. The van der Waals surface area contributed by atoms with Gasteiger partial charge in [0.2, 0.25) is 0 Å². The van der Waals surface area contributed by atoms with E-state index in [1.54, 1.807) is 0 Å². The molecule has 3 aliphatic carbocycles. The molecular weight excluding hydrogens is 512 g/mol. The van der Waals surface area contributed by atoms with Crippen molar-refractivity contribution in [3.8, 4) is 0 Å². The number of hydrogen-bond acceptors (Lipinski definition) is 6. The first-order valence-electron chi connectivity index (χ1n) is 16.3. The summed E-state index contributed by atoms with van der Waals surface area (Å²) < 4.78 is 13.0. The molecule has 7 unspecified atom stereocenters. The summed E-state index contributed by atoms with van der Waals surface area (Å²) in [5.74, 6) is 2.22. The van der Waals surface area contributed by atoms with Crippen LogP contribution in [0.2, 0.25) is 0 Å². The zero-order valence-electron chi connectivity index (χ0n) is 25.0. The zero-order valence-corrected chi connectivity index (χ0v) is 25.7. The second kappa shape index (κ2) is 10.6. The van der Waals surface area contributed by atoms with E-state index in [0.717, 1.165) is 71.2 Å². The normalized spacial score (nSPS) is 49.2. The molecule has 0 radical (unpaired) electrons. The topological polar surface area (TPSA) is 74.0 Å². The molecule has 1 spiro atoms. The van der Waals surface area contributed by atoms with Crippen LogP contribution >= 0.6 is 11.6 Å². The molecule has 7 heteroatoms. The first kappa shape index (κ1) is 29.1. The molecule has 6 aliphatic rings. The van der Waals surface area contributed by atoms with E-state index in [4.69, 9.17) is 21.1 Å². The van der Waals surface area contributed by atoms with Crippen LogP contribution < -0.4 is 5.32 Å². The van der Waals surface area contributed by atoms with Gasteiger partial charge < -0.3 is 25.0 Å². The smallest absolute Gasteiger partial charge is 0.0947 e. The Bertz CT molecular complexity index is 878. The number of nitrogens with zero attached hydrogens (tertiary/aromatic N) is 1. The number of alkyl halides is 1. The lowest BCUT2D eigenvalue weighted by molar-refractivity contribution is -0.137. The van der Waals surface area contributed by atoms with Crippen LogP contribution in [0.1, 0.15) is 98.3 Å². The molecule has 0 amide bonds. The maximum Gasteiger partial charge on any atom is 0.0947 e. The Hall–Kier alpha value is 0.0500. The number of halogens is 1. The fraction of sp³-hybridized carbons (Fsp3) is 1.00. The second-order valence-electron chi connectivity index (χ2n) is 15.3. The molecular formula is C32H55ClN2O4. The standard InChI is InChI=1S/C32H55ClN2O4/c1-29(2,20-36)39-23-13-14-28-26(17-23)24(25-7-5-15-34-27(25)18-38-28)8-6-16-35-19-31(35)30(3,4)32(31,37)21-9-11-22(33)12-10-21/h21-28,34,36-37H,5-20H2,1-4H3/t21?,22?,23-,24?,25?,26?,27+,28?,31?,32?,35?/m0/s1. The lowest BCUT2D eigenvalue weighted by Gasteiger charge is -2.44. The first-order chi connectivity index (χ1) is 18.5. The summed E-state index contributed by atoms with van der Waals surface area (Å²) in [7, 11) is 0. The molecule has 6 fully saturated rings.